The van der Waals surface area contributed by atoms with Crippen LogP contribution in [0.5, 0.6) is 6.01 Å². The van der Waals surface area contributed by atoms with Crippen LogP contribution in [-0.4, -0.2) is 39.7 Å². The van der Waals surface area contributed by atoms with Crippen LogP contribution < -0.4 is 15.8 Å². The van der Waals surface area contributed by atoms with Crippen molar-refractivity contribution in [2.75, 3.05) is 11.9 Å². The van der Waals surface area contributed by atoms with Gasteiger partial charge in [0.25, 0.3) is 0 Å². The zero-order valence-corrected chi connectivity index (χ0v) is 13.4. The van der Waals surface area contributed by atoms with E-state index in [4.69, 9.17) is 17.3 Å². The van der Waals surface area contributed by atoms with Crippen LogP contribution in [0.4, 0.5) is 19.1 Å². The van der Waals surface area contributed by atoms with Gasteiger partial charge in [0.1, 0.15) is 6.04 Å². The van der Waals surface area contributed by atoms with Crippen molar-refractivity contribution >= 4 is 23.5 Å². The Morgan fingerprint density at radius 1 is 1.24 bits per heavy atom. The monoisotopic (exact) mass is 375 g/mol. The molecule has 7 nitrogen and oxygen atoms in total. The summed E-state index contributed by atoms with van der Waals surface area (Å²) in [6, 6.07) is 7.43. The van der Waals surface area contributed by atoms with Gasteiger partial charge in [-0.1, -0.05) is 30.3 Å². The van der Waals surface area contributed by atoms with Gasteiger partial charge in [-0.25, -0.2) is 0 Å². The molecule has 0 aliphatic rings. The molecule has 0 fully saturated rings. The molecule has 0 spiro atoms. The molecule has 134 valence electrons. The summed E-state index contributed by atoms with van der Waals surface area (Å²) in [7, 11) is 0. The molecule has 0 saturated heterocycles. The Morgan fingerprint density at radius 2 is 1.92 bits per heavy atom. The highest BCUT2D eigenvalue weighted by Crippen LogP contribution is 2.18. The van der Waals surface area contributed by atoms with Crippen molar-refractivity contribution in [2.24, 2.45) is 5.73 Å². The normalized spacial score (nSPS) is 12.5. The van der Waals surface area contributed by atoms with E-state index in [1.165, 1.54) is 0 Å². The van der Waals surface area contributed by atoms with Crippen molar-refractivity contribution < 1.29 is 22.7 Å². The minimum atomic E-state index is -4.56. The number of primary amides is 1. The first kappa shape index (κ1) is 18.7. The number of nitrogens with one attached hydrogen (secondary N) is 1. The van der Waals surface area contributed by atoms with Crippen molar-refractivity contribution in [1.82, 2.24) is 15.0 Å². The highest BCUT2D eigenvalue weighted by molar-refractivity contribution is 6.28. The Morgan fingerprint density at radius 3 is 2.52 bits per heavy atom. The van der Waals surface area contributed by atoms with Crippen molar-refractivity contribution in [3.05, 3.63) is 41.2 Å². The molecule has 1 aromatic carbocycles. The Balaban J connectivity index is 2.13. The van der Waals surface area contributed by atoms with Crippen molar-refractivity contribution in [2.45, 2.75) is 18.6 Å². The molecule has 1 atom stereocenters. The topological polar surface area (TPSA) is 103 Å². The van der Waals surface area contributed by atoms with Gasteiger partial charge in [-0.2, -0.15) is 28.1 Å². The molecule has 25 heavy (non-hydrogen) atoms. The molecule has 2 aromatic rings. The van der Waals surface area contributed by atoms with Gasteiger partial charge >= 0.3 is 12.2 Å². The molecule has 11 heteroatoms. The predicted molar refractivity (Wildman–Crippen MR) is 83.1 cm³/mol. The molecular weight excluding hydrogens is 363 g/mol. The molecule has 3 N–H and O–H groups in total. The third kappa shape index (κ3) is 6.42. The minimum Gasteiger partial charge on any atom is -0.454 e. The predicted octanol–water partition coefficient (Wildman–Crippen LogP) is 1.97. The summed E-state index contributed by atoms with van der Waals surface area (Å²) in [5.41, 5.74) is 6.15. The second-order valence-corrected chi connectivity index (χ2v) is 5.24. The molecule has 0 aliphatic heterocycles. The SMILES string of the molecule is NC(=O)[C@H](Cc1ccccc1)Nc1nc(Cl)nc(OCC(F)(F)F)n1. The fourth-order valence-corrected chi connectivity index (χ4v) is 1.99. The van der Waals surface area contributed by atoms with Crippen LogP contribution in [0.2, 0.25) is 5.28 Å². The fraction of sp³-hybridized carbons (Fsp3) is 0.286. The lowest BCUT2D eigenvalue weighted by atomic mass is 10.1. The van der Waals surface area contributed by atoms with E-state index in [-0.39, 0.29) is 12.4 Å². The molecule has 1 amide bonds. The Bertz CT molecular complexity index is 730. The van der Waals surface area contributed by atoms with Crippen LogP contribution >= 0.6 is 11.6 Å². The standard InChI is InChI=1S/C14H13ClF3N5O2/c15-11-21-12(23-13(22-11)25-7-14(16,17)18)20-9(10(19)24)6-8-4-2-1-3-5-8/h1-5,9H,6-7H2,(H2,19,24)(H,20,21,22,23)/t9-/m0/s1. The summed E-state index contributed by atoms with van der Waals surface area (Å²) in [6.07, 6.45) is -4.34. The van der Waals surface area contributed by atoms with Gasteiger partial charge in [-0.05, 0) is 17.2 Å². The van der Waals surface area contributed by atoms with Crippen LogP contribution in [-0.2, 0) is 11.2 Å². The van der Waals surface area contributed by atoms with Gasteiger partial charge in [0.05, 0.1) is 0 Å². The zero-order chi connectivity index (χ0) is 18.4. The third-order valence-corrected chi connectivity index (χ3v) is 3.05. The molecular formula is C14H13ClF3N5O2. The number of rotatable bonds is 7. The van der Waals surface area contributed by atoms with E-state index < -0.39 is 36.0 Å². The van der Waals surface area contributed by atoms with Crippen LogP contribution in [0, 0.1) is 0 Å². The Labute approximate surface area is 145 Å². The minimum absolute atomic E-state index is 0.220. The maximum absolute atomic E-state index is 12.2. The van der Waals surface area contributed by atoms with E-state index in [9.17, 15) is 18.0 Å². The van der Waals surface area contributed by atoms with Crippen molar-refractivity contribution in [3.63, 3.8) is 0 Å². The fourth-order valence-electron chi connectivity index (χ4n) is 1.84. The summed E-state index contributed by atoms with van der Waals surface area (Å²) in [6.45, 7) is -1.59. The summed E-state index contributed by atoms with van der Waals surface area (Å²) >= 11 is 5.64. The quantitative estimate of drug-likeness (QED) is 0.767. The lowest BCUT2D eigenvalue weighted by Crippen LogP contribution is -2.37. The number of hydrogen-bond acceptors (Lipinski definition) is 6. The first-order valence-corrected chi connectivity index (χ1v) is 7.31. The second-order valence-electron chi connectivity index (χ2n) is 4.90. The Kier molecular flexibility index (Phi) is 5.97. The largest absolute Gasteiger partial charge is 0.454 e. The average Bonchev–Trinajstić information content (AvgIpc) is 2.52. The van der Waals surface area contributed by atoms with E-state index >= 15 is 0 Å². The van der Waals surface area contributed by atoms with Gasteiger partial charge < -0.3 is 15.8 Å². The molecule has 0 aliphatic carbocycles. The van der Waals surface area contributed by atoms with Gasteiger partial charge in [0, 0.05) is 6.42 Å². The maximum Gasteiger partial charge on any atom is 0.422 e. The number of carbonyl (C=O) groups is 1. The number of hydrogen-bond donors (Lipinski definition) is 2. The Hall–Kier alpha value is -2.62. The third-order valence-electron chi connectivity index (χ3n) is 2.88. The van der Waals surface area contributed by atoms with Crippen LogP contribution in [0.15, 0.2) is 30.3 Å². The maximum atomic E-state index is 12.2. The summed E-state index contributed by atoms with van der Waals surface area (Å²) < 4.78 is 41.0. The van der Waals surface area contributed by atoms with E-state index in [2.05, 4.69) is 25.0 Å². The first-order valence-electron chi connectivity index (χ1n) is 6.94. The number of benzene rings is 1. The molecule has 0 unspecified atom stereocenters. The highest BCUT2D eigenvalue weighted by atomic mass is 35.5. The molecule has 1 aromatic heterocycles. The van der Waals surface area contributed by atoms with Gasteiger partial charge in [0.15, 0.2) is 6.61 Å². The van der Waals surface area contributed by atoms with Gasteiger partial charge in [-0.15, -0.1) is 0 Å². The number of carbonyl (C=O) groups excluding carboxylic acids is 1. The number of aromatic nitrogens is 3. The molecule has 0 bridgehead atoms. The molecule has 0 radical (unpaired) electrons. The number of halogens is 4. The lowest BCUT2D eigenvalue weighted by Gasteiger charge is -2.16. The number of ether oxygens (including phenoxy) is 1. The van der Waals surface area contributed by atoms with Crippen molar-refractivity contribution in [3.8, 4) is 6.01 Å². The number of amides is 1. The van der Waals surface area contributed by atoms with E-state index in [0.29, 0.717) is 0 Å². The number of alkyl halides is 3. The highest BCUT2D eigenvalue weighted by Gasteiger charge is 2.29. The smallest absolute Gasteiger partial charge is 0.422 e. The van der Waals surface area contributed by atoms with E-state index in [1.807, 2.05) is 6.07 Å². The van der Waals surface area contributed by atoms with Crippen molar-refractivity contribution in [1.29, 1.82) is 0 Å². The van der Waals surface area contributed by atoms with Crippen LogP contribution in [0.3, 0.4) is 0 Å². The molecule has 1 heterocycles. The molecule has 0 saturated carbocycles. The van der Waals surface area contributed by atoms with E-state index in [1.54, 1.807) is 24.3 Å². The van der Waals surface area contributed by atoms with Gasteiger partial charge in [-0.3, -0.25) is 4.79 Å². The van der Waals surface area contributed by atoms with E-state index in [0.717, 1.165) is 5.56 Å². The number of nitrogens with two attached hydrogens (primary N) is 1. The summed E-state index contributed by atoms with van der Waals surface area (Å²) in [5, 5.41) is 2.23. The average molecular weight is 376 g/mol. The summed E-state index contributed by atoms with van der Waals surface area (Å²) in [4.78, 5) is 22.4. The second kappa shape index (κ2) is 7.97. The van der Waals surface area contributed by atoms with Gasteiger partial charge in [0.2, 0.25) is 17.1 Å². The lowest BCUT2D eigenvalue weighted by molar-refractivity contribution is -0.154. The van der Waals surface area contributed by atoms with Crippen LogP contribution in [0.1, 0.15) is 5.56 Å². The van der Waals surface area contributed by atoms with Crippen LogP contribution in [0.25, 0.3) is 0 Å². The molecule has 2 rings (SSSR count). The first-order chi connectivity index (χ1) is 11.7. The zero-order valence-electron chi connectivity index (χ0n) is 12.6. The number of nitrogens with zero attached hydrogens (tertiary/aromatic N) is 3. The number of anilines is 1. The summed E-state index contributed by atoms with van der Waals surface area (Å²) in [5.74, 6) is -0.921.